The second-order valence-corrected chi connectivity index (χ2v) is 16.4. The predicted molar refractivity (Wildman–Crippen MR) is 150 cm³/mol. The van der Waals surface area contributed by atoms with Gasteiger partial charge in [0.25, 0.3) is 5.91 Å². The number of carbonyl (C=O) groups excluding carboxylic acids is 2. The molecule has 1 atom stereocenters. The van der Waals surface area contributed by atoms with Gasteiger partial charge in [0.1, 0.15) is 5.82 Å². The summed E-state index contributed by atoms with van der Waals surface area (Å²) in [5.74, 6) is -1.15. The van der Waals surface area contributed by atoms with Crippen LogP contribution in [0.3, 0.4) is 0 Å². The molecule has 1 heterocycles. The lowest BCUT2D eigenvalue weighted by molar-refractivity contribution is 0.0600. The van der Waals surface area contributed by atoms with E-state index in [-0.39, 0.29) is 10.6 Å². The van der Waals surface area contributed by atoms with Crippen LogP contribution in [-0.2, 0) is 9.16 Å². The number of carbonyl (C=O) groups is 2. The van der Waals surface area contributed by atoms with Gasteiger partial charge in [-0.05, 0) is 92.2 Å². The van der Waals surface area contributed by atoms with Crippen LogP contribution in [0.1, 0.15) is 65.5 Å². The zero-order valence-electron chi connectivity index (χ0n) is 23.5. The number of methoxy groups -OCH3 is 1. The first-order chi connectivity index (χ1) is 17.2. The Balaban J connectivity index is 1.75. The summed E-state index contributed by atoms with van der Waals surface area (Å²) in [4.78, 5) is 27.3. The van der Waals surface area contributed by atoms with E-state index in [1.54, 1.807) is 38.1 Å². The molecule has 0 unspecified atom stereocenters. The standard InChI is InChI=1S/C29H41FN2O4Si/c1-19-14-22(28(34)35-6)15-20(2)26(19)31-27(33)24-16-23(11-12-25(24)30)32-13-9-10-21(17-32)18-36-37(7,8)29(3,4)5/h11-12,14-16,21H,9-10,13,17-18H2,1-8H3,(H,31,33)/t21-/m0/s1. The number of nitrogens with one attached hydrogen (secondary N) is 1. The average molecular weight is 529 g/mol. The number of hydrogen-bond acceptors (Lipinski definition) is 5. The van der Waals surface area contributed by atoms with E-state index in [9.17, 15) is 14.0 Å². The lowest BCUT2D eigenvalue weighted by Gasteiger charge is -2.40. The topological polar surface area (TPSA) is 67.9 Å². The fraction of sp³-hybridized carbons (Fsp3) is 0.517. The van der Waals surface area contributed by atoms with E-state index < -0.39 is 26.0 Å². The highest BCUT2D eigenvalue weighted by atomic mass is 28.4. The lowest BCUT2D eigenvalue weighted by Crippen LogP contribution is -2.44. The van der Waals surface area contributed by atoms with E-state index in [4.69, 9.17) is 9.16 Å². The van der Waals surface area contributed by atoms with Gasteiger partial charge in [0.05, 0.1) is 18.2 Å². The molecule has 1 N–H and O–H groups in total. The normalized spacial score (nSPS) is 16.5. The molecule has 2 aromatic rings. The zero-order valence-corrected chi connectivity index (χ0v) is 24.5. The summed E-state index contributed by atoms with van der Waals surface area (Å²) in [5.41, 5.74) is 3.19. The molecule has 1 fully saturated rings. The number of piperidine rings is 1. The molecule has 0 spiro atoms. The van der Waals surface area contributed by atoms with Crippen molar-refractivity contribution in [3.8, 4) is 0 Å². The number of amides is 1. The van der Waals surface area contributed by atoms with Crippen molar-refractivity contribution >= 4 is 31.6 Å². The summed E-state index contributed by atoms with van der Waals surface area (Å²) in [6, 6.07) is 8.04. The number of aryl methyl sites for hydroxylation is 2. The summed E-state index contributed by atoms with van der Waals surface area (Å²) in [7, 11) is -0.503. The number of halogens is 1. The van der Waals surface area contributed by atoms with Crippen LogP contribution in [0.5, 0.6) is 0 Å². The van der Waals surface area contributed by atoms with Crippen LogP contribution in [0.4, 0.5) is 15.8 Å². The third-order valence-electron chi connectivity index (χ3n) is 7.76. The maximum Gasteiger partial charge on any atom is 0.337 e. The number of anilines is 2. The Hall–Kier alpha value is -2.71. The van der Waals surface area contributed by atoms with Crippen molar-refractivity contribution in [1.29, 1.82) is 0 Å². The number of hydrogen-bond donors (Lipinski definition) is 1. The summed E-state index contributed by atoms with van der Waals surface area (Å²) in [5, 5.41) is 3.01. The van der Waals surface area contributed by atoms with Gasteiger partial charge in [-0.25, -0.2) is 9.18 Å². The summed E-state index contributed by atoms with van der Waals surface area (Å²) in [6.07, 6.45) is 2.12. The number of esters is 1. The molecule has 1 aliphatic heterocycles. The molecule has 1 amide bonds. The minimum atomic E-state index is -1.83. The van der Waals surface area contributed by atoms with E-state index in [1.165, 1.54) is 13.2 Å². The van der Waals surface area contributed by atoms with Crippen LogP contribution >= 0.6 is 0 Å². The molecule has 0 aromatic heterocycles. The van der Waals surface area contributed by atoms with Gasteiger partial charge < -0.3 is 19.4 Å². The number of ether oxygens (including phenoxy) is 1. The van der Waals surface area contributed by atoms with E-state index in [1.807, 2.05) is 0 Å². The Labute approximate surface area is 221 Å². The monoisotopic (exact) mass is 528 g/mol. The van der Waals surface area contributed by atoms with E-state index in [2.05, 4.69) is 44.1 Å². The van der Waals surface area contributed by atoms with Crippen LogP contribution in [0, 0.1) is 25.6 Å². The van der Waals surface area contributed by atoms with Crippen molar-refractivity contribution in [2.75, 3.05) is 37.0 Å². The Bertz CT molecular complexity index is 1140. The second-order valence-electron chi connectivity index (χ2n) is 11.6. The maximum atomic E-state index is 14.8. The summed E-state index contributed by atoms with van der Waals surface area (Å²) < 4.78 is 26.1. The van der Waals surface area contributed by atoms with Crippen LogP contribution in [0.2, 0.25) is 18.1 Å². The van der Waals surface area contributed by atoms with Crippen molar-refractivity contribution < 1.29 is 23.1 Å². The Morgan fingerprint density at radius 1 is 1.14 bits per heavy atom. The molecule has 37 heavy (non-hydrogen) atoms. The minimum absolute atomic E-state index is 0.00649. The molecule has 0 aliphatic carbocycles. The lowest BCUT2D eigenvalue weighted by atomic mass is 9.98. The van der Waals surface area contributed by atoms with Gasteiger partial charge >= 0.3 is 5.97 Å². The molecule has 6 nitrogen and oxygen atoms in total. The molecular formula is C29H41FN2O4Si. The van der Waals surface area contributed by atoms with Gasteiger partial charge in [-0.2, -0.15) is 0 Å². The molecule has 0 bridgehead atoms. The molecule has 8 heteroatoms. The Morgan fingerprint density at radius 2 is 1.78 bits per heavy atom. The van der Waals surface area contributed by atoms with Crippen molar-refractivity contribution in [2.24, 2.45) is 5.92 Å². The fourth-order valence-corrected chi connectivity index (χ4v) is 5.52. The molecule has 0 saturated carbocycles. The van der Waals surface area contributed by atoms with E-state index in [0.29, 0.717) is 28.3 Å². The molecule has 202 valence electrons. The number of nitrogens with zero attached hydrogens (tertiary/aromatic N) is 1. The number of rotatable bonds is 7. The van der Waals surface area contributed by atoms with Gasteiger partial charge in [0.15, 0.2) is 8.32 Å². The third kappa shape index (κ3) is 6.79. The van der Waals surface area contributed by atoms with Crippen LogP contribution in [0.15, 0.2) is 30.3 Å². The minimum Gasteiger partial charge on any atom is -0.465 e. The number of benzene rings is 2. The highest BCUT2D eigenvalue weighted by Crippen LogP contribution is 2.37. The summed E-state index contributed by atoms with van der Waals surface area (Å²) >= 11 is 0. The van der Waals surface area contributed by atoms with Gasteiger partial charge in [-0.15, -0.1) is 0 Å². The molecule has 0 radical (unpaired) electrons. The van der Waals surface area contributed by atoms with E-state index in [0.717, 1.165) is 38.2 Å². The molecule has 3 rings (SSSR count). The van der Waals surface area contributed by atoms with Crippen molar-refractivity contribution in [1.82, 2.24) is 0 Å². The Morgan fingerprint density at radius 3 is 2.38 bits per heavy atom. The Kier molecular flexibility index (Phi) is 8.85. The van der Waals surface area contributed by atoms with Gasteiger partial charge in [0, 0.05) is 31.1 Å². The fourth-order valence-electron chi connectivity index (χ4n) is 4.44. The predicted octanol–water partition coefficient (Wildman–Crippen LogP) is 6.72. The summed E-state index contributed by atoms with van der Waals surface area (Å²) in [6.45, 7) is 17.3. The highest BCUT2D eigenvalue weighted by molar-refractivity contribution is 6.74. The van der Waals surface area contributed by atoms with Crippen LogP contribution in [0.25, 0.3) is 0 Å². The quantitative estimate of drug-likeness (QED) is 0.319. The average Bonchev–Trinajstić information content (AvgIpc) is 2.84. The van der Waals surface area contributed by atoms with Gasteiger partial charge in [-0.1, -0.05) is 20.8 Å². The van der Waals surface area contributed by atoms with Crippen molar-refractivity contribution in [3.63, 3.8) is 0 Å². The third-order valence-corrected chi connectivity index (χ3v) is 12.3. The zero-order chi connectivity index (χ0) is 27.5. The molecule has 2 aromatic carbocycles. The molecular weight excluding hydrogens is 487 g/mol. The smallest absolute Gasteiger partial charge is 0.337 e. The van der Waals surface area contributed by atoms with Gasteiger partial charge in [-0.3, -0.25) is 4.79 Å². The van der Waals surface area contributed by atoms with Crippen molar-refractivity contribution in [3.05, 3.63) is 58.4 Å². The largest absolute Gasteiger partial charge is 0.465 e. The van der Waals surface area contributed by atoms with Gasteiger partial charge in [0.2, 0.25) is 0 Å². The molecule has 1 saturated heterocycles. The first-order valence-corrected chi connectivity index (χ1v) is 15.8. The SMILES string of the molecule is COC(=O)c1cc(C)c(NC(=O)c2cc(N3CCC[C@H](CO[Si](C)(C)C(C)(C)C)C3)ccc2F)c(C)c1. The molecule has 1 aliphatic rings. The first-order valence-electron chi connectivity index (χ1n) is 12.9. The van der Waals surface area contributed by atoms with Crippen molar-refractivity contribution in [2.45, 2.75) is 65.6 Å². The van der Waals surface area contributed by atoms with E-state index >= 15 is 0 Å². The second kappa shape index (κ2) is 11.4. The first kappa shape index (κ1) is 28.9. The van der Waals surface area contributed by atoms with Crippen LogP contribution < -0.4 is 10.2 Å². The highest BCUT2D eigenvalue weighted by Gasteiger charge is 2.38. The maximum absolute atomic E-state index is 14.8. The van der Waals surface area contributed by atoms with Crippen LogP contribution in [-0.4, -0.2) is 47.0 Å².